The molecule has 8 nitrogen and oxygen atoms in total. The second-order valence-electron chi connectivity index (χ2n) is 5.68. The van der Waals surface area contributed by atoms with Gasteiger partial charge in [-0.25, -0.2) is 4.68 Å². The van der Waals surface area contributed by atoms with Gasteiger partial charge in [0.05, 0.1) is 17.1 Å². The molecule has 0 aliphatic heterocycles. The molecule has 29 heavy (non-hydrogen) atoms. The van der Waals surface area contributed by atoms with Crippen molar-refractivity contribution >= 4 is 40.9 Å². The maximum atomic E-state index is 11.1. The van der Waals surface area contributed by atoms with Gasteiger partial charge in [-0.1, -0.05) is 31.5 Å². The zero-order chi connectivity index (χ0) is 21.4. The molecule has 2 aromatic carbocycles. The third-order valence-corrected chi connectivity index (χ3v) is 4.12. The Labute approximate surface area is 174 Å². The van der Waals surface area contributed by atoms with Gasteiger partial charge in [-0.3, -0.25) is 10.6 Å². The number of aryl methyl sites for hydroxylation is 1. The zero-order valence-electron chi connectivity index (χ0n) is 16.5. The zero-order valence-corrected chi connectivity index (χ0v) is 17.2. The van der Waals surface area contributed by atoms with Crippen LogP contribution >= 0.6 is 11.6 Å². The van der Waals surface area contributed by atoms with Crippen molar-refractivity contribution in [3.63, 3.8) is 0 Å². The first kappa shape index (κ1) is 21.9. The highest BCUT2D eigenvalue weighted by atomic mass is 35.5. The normalized spacial score (nSPS) is 10.7. The SMILES string of the molecule is CC.Cn1nc(-c2ccc(Cl)cc2)nc1N/C(=C\C=O)c1ccc(NN)c(N)c1. The van der Waals surface area contributed by atoms with Gasteiger partial charge in [0.15, 0.2) is 5.82 Å². The largest absolute Gasteiger partial charge is 0.397 e. The van der Waals surface area contributed by atoms with Crippen molar-refractivity contribution in [2.75, 3.05) is 16.5 Å². The van der Waals surface area contributed by atoms with Gasteiger partial charge in [0, 0.05) is 29.3 Å². The Morgan fingerprint density at radius 2 is 1.86 bits per heavy atom. The van der Waals surface area contributed by atoms with Crippen molar-refractivity contribution in [2.45, 2.75) is 13.8 Å². The van der Waals surface area contributed by atoms with E-state index >= 15 is 0 Å². The lowest BCUT2D eigenvalue weighted by molar-refractivity contribution is -0.104. The Bertz CT molecular complexity index is 997. The van der Waals surface area contributed by atoms with E-state index in [0.717, 1.165) is 5.56 Å². The molecule has 6 N–H and O–H groups in total. The fraction of sp³-hybridized carbons (Fsp3) is 0.150. The van der Waals surface area contributed by atoms with Gasteiger partial charge in [0.1, 0.15) is 6.29 Å². The average molecular weight is 414 g/mol. The molecule has 3 aromatic rings. The summed E-state index contributed by atoms with van der Waals surface area (Å²) >= 11 is 5.92. The van der Waals surface area contributed by atoms with Gasteiger partial charge in [0.2, 0.25) is 5.95 Å². The van der Waals surface area contributed by atoms with Crippen molar-refractivity contribution in [3.8, 4) is 11.4 Å². The minimum absolute atomic E-state index is 0.452. The average Bonchev–Trinajstić information content (AvgIpc) is 3.10. The van der Waals surface area contributed by atoms with E-state index in [9.17, 15) is 4.79 Å². The van der Waals surface area contributed by atoms with Crippen LogP contribution in [0.1, 0.15) is 19.4 Å². The van der Waals surface area contributed by atoms with Gasteiger partial charge < -0.3 is 16.5 Å². The molecule has 0 unspecified atom stereocenters. The standard InChI is InChI=1S/C18H18ClN7O.C2H6/c1-26-18(23-17(25-26)11-2-5-13(19)6-3-11)22-15(8-9-27)12-4-7-16(24-21)14(20)10-12;1-2/h2-10,24H,20-21H2,1H3,(H,22,23,25);1-2H3/b15-8-;. The summed E-state index contributed by atoms with van der Waals surface area (Å²) in [4.78, 5) is 15.6. The van der Waals surface area contributed by atoms with Gasteiger partial charge in [-0.15, -0.1) is 5.10 Å². The van der Waals surface area contributed by atoms with Crippen LogP contribution < -0.4 is 22.3 Å². The summed E-state index contributed by atoms with van der Waals surface area (Å²) in [6.45, 7) is 4.00. The Morgan fingerprint density at radius 1 is 1.17 bits per heavy atom. The molecule has 0 aliphatic carbocycles. The summed E-state index contributed by atoms with van der Waals surface area (Å²) in [5.74, 6) is 6.40. The van der Waals surface area contributed by atoms with Crippen LogP contribution in [0.15, 0.2) is 48.5 Å². The Kier molecular flexibility index (Phi) is 7.76. The first-order chi connectivity index (χ1) is 14.0. The van der Waals surface area contributed by atoms with E-state index in [4.69, 9.17) is 23.2 Å². The van der Waals surface area contributed by atoms with Gasteiger partial charge >= 0.3 is 0 Å². The van der Waals surface area contributed by atoms with E-state index in [1.54, 1.807) is 42.1 Å². The fourth-order valence-corrected chi connectivity index (χ4v) is 2.60. The molecule has 1 aromatic heterocycles. The Hall–Kier alpha value is -3.36. The predicted octanol–water partition coefficient (Wildman–Crippen LogP) is 3.68. The molecule has 0 spiro atoms. The van der Waals surface area contributed by atoms with Crippen LogP contribution in [0, 0.1) is 0 Å². The van der Waals surface area contributed by atoms with Crippen LogP contribution in [0.5, 0.6) is 0 Å². The summed E-state index contributed by atoms with van der Waals surface area (Å²) in [5.41, 5.74) is 11.6. The topological polar surface area (TPSA) is 124 Å². The Balaban J connectivity index is 0.00000145. The third-order valence-electron chi connectivity index (χ3n) is 3.86. The fourth-order valence-electron chi connectivity index (χ4n) is 2.47. The number of hydrogen-bond donors (Lipinski definition) is 4. The van der Waals surface area contributed by atoms with E-state index in [1.165, 1.54) is 6.08 Å². The monoisotopic (exact) mass is 413 g/mol. The highest BCUT2D eigenvalue weighted by Gasteiger charge is 2.12. The van der Waals surface area contributed by atoms with Gasteiger partial charge in [-0.2, -0.15) is 4.98 Å². The highest BCUT2D eigenvalue weighted by molar-refractivity contribution is 6.30. The summed E-state index contributed by atoms with van der Waals surface area (Å²) in [7, 11) is 1.75. The molecule has 0 saturated carbocycles. The maximum absolute atomic E-state index is 11.1. The van der Waals surface area contributed by atoms with Crippen molar-refractivity contribution in [1.29, 1.82) is 0 Å². The minimum atomic E-state index is 0.452. The second-order valence-corrected chi connectivity index (χ2v) is 6.11. The number of nitrogens with two attached hydrogens (primary N) is 2. The maximum Gasteiger partial charge on any atom is 0.225 e. The summed E-state index contributed by atoms with van der Waals surface area (Å²) in [5, 5.41) is 8.15. The van der Waals surface area contributed by atoms with Crippen molar-refractivity contribution in [1.82, 2.24) is 14.8 Å². The number of carbonyl (C=O) groups is 1. The lowest BCUT2D eigenvalue weighted by atomic mass is 10.1. The number of benzene rings is 2. The molecular weight excluding hydrogens is 390 g/mol. The summed E-state index contributed by atoms with van der Waals surface area (Å²) in [6, 6.07) is 12.4. The molecule has 0 atom stereocenters. The molecule has 0 bridgehead atoms. The first-order valence-corrected chi connectivity index (χ1v) is 9.35. The number of nitrogens with one attached hydrogen (secondary N) is 2. The highest BCUT2D eigenvalue weighted by Crippen LogP contribution is 2.25. The minimum Gasteiger partial charge on any atom is -0.397 e. The number of rotatable bonds is 6. The van der Waals surface area contributed by atoms with Crippen LogP contribution in [0.25, 0.3) is 17.1 Å². The molecule has 152 valence electrons. The number of nitrogen functional groups attached to an aromatic ring is 2. The molecular formula is C20H24ClN7O. The van der Waals surface area contributed by atoms with Crippen LogP contribution in [-0.2, 0) is 11.8 Å². The molecule has 0 amide bonds. The van der Waals surface area contributed by atoms with Crippen molar-refractivity contribution in [2.24, 2.45) is 12.9 Å². The number of hydrogen-bond acceptors (Lipinski definition) is 7. The van der Waals surface area contributed by atoms with Gasteiger partial charge in [-0.05, 0) is 36.4 Å². The number of hydrazine groups is 1. The number of aromatic nitrogens is 3. The lowest BCUT2D eigenvalue weighted by Gasteiger charge is -2.12. The number of nitrogens with zero attached hydrogens (tertiary/aromatic N) is 3. The quantitative estimate of drug-likeness (QED) is 0.160. The molecule has 3 rings (SSSR count). The number of halogens is 1. The van der Waals surface area contributed by atoms with Crippen LogP contribution in [0.3, 0.4) is 0 Å². The Morgan fingerprint density at radius 3 is 2.45 bits per heavy atom. The smallest absolute Gasteiger partial charge is 0.225 e. The van der Waals surface area contributed by atoms with E-state index in [0.29, 0.717) is 45.7 Å². The second kappa shape index (κ2) is 10.3. The number of anilines is 3. The van der Waals surface area contributed by atoms with Crippen molar-refractivity contribution in [3.05, 3.63) is 59.1 Å². The molecule has 9 heteroatoms. The first-order valence-electron chi connectivity index (χ1n) is 8.98. The van der Waals surface area contributed by atoms with E-state index < -0.39 is 0 Å². The molecule has 0 radical (unpaired) electrons. The van der Waals surface area contributed by atoms with Crippen LogP contribution in [-0.4, -0.2) is 21.1 Å². The number of allylic oxidation sites excluding steroid dienone is 1. The van der Waals surface area contributed by atoms with Gasteiger partial charge in [0.25, 0.3) is 0 Å². The predicted molar refractivity (Wildman–Crippen MR) is 119 cm³/mol. The molecule has 0 aliphatic rings. The molecule has 0 saturated heterocycles. The van der Waals surface area contributed by atoms with E-state index in [1.807, 2.05) is 26.0 Å². The summed E-state index contributed by atoms with van der Waals surface area (Å²) < 4.78 is 1.59. The molecule has 1 heterocycles. The van der Waals surface area contributed by atoms with Crippen molar-refractivity contribution < 1.29 is 4.79 Å². The van der Waals surface area contributed by atoms with Crippen LogP contribution in [0.2, 0.25) is 5.02 Å². The summed E-state index contributed by atoms with van der Waals surface area (Å²) in [6.07, 6.45) is 2.07. The van der Waals surface area contributed by atoms with Crippen LogP contribution in [0.4, 0.5) is 17.3 Å². The lowest BCUT2D eigenvalue weighted by Crippen LogP contribution is -2.10. The third kappa shape index (κ3) is 5.34. The molecule has 0 fully saturated rings. The van der Waals surface area contributed by atoms with E-state index in [2.05, 4.69) is 20.8 Å². The number of carbonyl (C=O) groups excluding carboxylic acids is 1. The van der Waals surface area contributed by atoms with E-state index in [-0.39, 0.29) is 0 Å². The number of aldehydes is 1.